The number of hydrogen-bond donors (Lipinski definition) is 1. The molecule has 0 saturated carbocycles. The summed E-state index contributed by atoms with van der Waals surface area (Å²) < 4.78 is 7.05. The van der Waals surface area contributed by atoms with Gasteiger partial charge in [0.15, 0.2) is 5.82 Å². The quantitative estimate of drug-likeness (QED) is 0.940. The van der Waals surface area contributed by atoms with Crippen molar-refractivity contribution in [2.45, 2.75) is 32.1 Å². The highest BCUT2D eigenvalue weighted by Crippen LogP contribution is 2.44. The number of aromatic amines is 1. The zero-order chi connectivity index (χ0) is 15.9. The molecule has 5 nitrogen and oxygen atoms in total. The molecule has 0 unspecified atom stereocenters. The van der Waals surface area contributed by atoms with E-state index in [0.717, 1.165) is 27.7 Å². The van der Waals surface area contributed by atoms with Crippen LogP contribution in [-0.2, 0) is 0 Å². The van der Waals surface area contributed by atoms with Gasteiger partial charge in [-0.25, -0.2) is 4.99 Å². The van der Waals surface area contributed by atoms with E-state index in [2.05, 4.69) is 10.1 Å². The number of benzene rings is 1. The largest absolute Gasteiger partial charge is 0.497 e. The number of nitrogens with one attached hydrogen (secondary N) is 1. The zero-order valence-corrected chi connectivity index (χ0v) is 13.9. The van der Waals surface area contributed by atoms with E-state index in [1.54, 1.807) is 18.9 Å². The Morgan fingerprint density at radius 3 is 2.59 bits per heavy atom. The topological polar surface area (TPSA) is 59.4 Å². The van der Waals surface area contributed by atoms with Crippen LogP contribution in [0.5, 0.6) is 5.75 Å². The number of hydrogen-bond acceptors (Lipinski definition) is 4. The number of aliphatic imine (C=N–C) groups is 1. The maximum Gasteiger partial charge on any atom is 0.271 e. The lowest BCUT2D eigenvalue weighted by atomic mass is 10.1. The van der Waals surface area contributed by atoms with Crippen LogP contribution in [0.3, 0.4) is 0 Å². The van der Waals surface area contributed by atoms with Crippen LogP contribution >= 0.6 is 11.8 Å². The second kappa shape index (κ2) is 5.68. The molecule has 1 atom stereocenters. The standard InChI is InChI=1S/C16H19N3O2S/c1-9(2)19-15-13(16(20)18-19)14(22-10(3)17-15)11-5-7-12(21-4)8-6-11/h5-9,14H,1-4H3,(H,18,20)/t14-/m0/s1. The molecule has 0 radical (unpaired) electrons. The molecule has 1 N–H and O–H groups in total. The van der Waals surface area contributed by atoms with Crippen molar-refractivity contribution in [2.75, 3.05) is 7.11 Å². The Hall–Kier alpha value is -1.95. The van der Waals surface area contributed by atoms with Crippen molar-refractivity contribution in [3.05, 3.63) is 45.7 Å². The van der Waals surface area contributed by atoms with Gasteiger partial charge in [0.25, 0.3) is 5.56 Å². The van der Waals surface area contributed by atoms with E-state index in [4.69, 9.17) is 4.74 Å². The van der Waals surface area contributed by atoms with Crippen LogP contribution in [0.25, 0.3) is 0 Å². The number of nitrogens with zero attached hydrogens (tertiary/aromatic N) is 2. The first-order valence-corrected chi connectivity index (χ1v) is 8.09. The van der Waals surface area contributed by atoms with Gasteiger partial charge in [0.1, 0.15) is 5.75 Å². The van der Waals surface area contributed by atoms with Crippen molar-refractivity contribution in [3.63, 3.8) is 0 Å². The molecule has 0 aliphatic carbocycles. The minimum atomic E-state index is -0.0618. The first-order valence-electron chi connectivity index (χ1n) is 7.21. The van der Waals surface area contributed by atoms with Gasteiger partial charge in [-0.2, -0.15) is 0 Å². The summed E-state index contributed by atoms with van der Waals surface area (Å²) in [6.45, 7) is 6.04. The van der Waals surface area contributed by atoms with Crippen LogP contribution in [0.2, 0.25) is 0 Å². The van der Waals surface area contributed by atoms with Crippen LogP contribution in [0.15, 0.2) is 34.1 Å². The lowest BCUT2D eigenvalue weighted by Gasteiger charge is -2.21. The molecule has 0 saturated heterocycles. The molecule has 2 aromatic rings. The average Bonchev–Trinajstić information content (AvgIpc) is 2.84. The van der Waals surface area contributed by atoms with Crippen LogP contribution in [0, 0.1) is 0 Å². The first-order chi connectivity index (χ1) is 10.5. The summed E-state index contributed by atoms with van der Waals surface area (Å²) in [6.07, 6.45) is 0. The molecule has 116 valence electrons. The van der Waals surface area contributed by atoms with Gasteiger partial charge in [-0.05, 0) is 38.5 Å². The Labute approximate surface area is 133 Å². The van der Waals surface area contributed by atoms with Crippen molar-refractivity contribution >= 4 is 22.6 Å². The Bertz CT molecular complexity index is 772. The number of rotatable bonds is 3. The Kier molecular flexibility index (Phi) is 3.87. The van der Waals surface area contributed by atoms with Crippen molar-refractivity contribution in [2.24, 2.45) is 4.99 Å². The van der Waals surface area contributed by atoms with Gasteiger partial charge < -0.3 is 4.74 Å². The second-order valence-corrected chi connectivity index (χ2v) is 6.84. The molecule has 1 aliphatic heterocycles. The molecular formula is C16H19N3O2S. The highest BCUT2D eigenvalue weighted by molar-refractivity contribution is 8.14. The molecule has 1 aromatic heterocycles. The fourth-order valence-electron chi connectivity index (χ4n) is 2.60. The van der Waals surface area contributed by atoms with E-state index in [1.165, 1.54) is 0 Å². The number of thioether (sulfide) groups is 1. The molecule has 3 rings (SSSR count). The molecule has 6 heteroatoms. The number of ether oxygens (including phenoxy) is 1. The fourth-order valence-corrected chi connectivity index (χ4v) is 3.70. The average molecular weight is 317 g/mol. The molecule has 0 amide bonds. The number of methoxy groups -OCH3 is 1. The minimum Gasteiger partial charge on any atom is -0.497 e. The summed E-state index contributed by atoms with van der Waals surface area (Å²) in [5.41, 5.74) is 1.75. The van der Waals surface area contributed by atoms with Crippen molar-refractivity contribution in [1.82, 2.24) is 9.78 Å². The molecule has 0 spiro atoms. The third kappa shape index (κ3) is 2.47. The first kappa shape index (κ1) is 15.0. The van der Waals surface area contributed by atoms with Gasteiger partial charge in [0, 0.05) is 6.04 Å². The van der Waals surface area contributed by atoms with E-state index in [0.29, 0.717) is 0 Å². The lowest BCUT2D eigenvalue weighted by molar-refractivity contribution is 0.414. The van der Waals surface area contributed by atoms with E-state index in [-0.39, 0.29) is 16.9 Å². The van der Waals surface area contributed by atoms with Crippen molar-refractivity contribution < 1.29 is 4.74 Å². The molecule has 1 aromatic carbocycles. The Morgan fingerprint density at radius 1 is 1.32 bits per heavy atom. The zero-order valence-electron chi connectivity index (χ0n) is 13.1. The number of H-pyrrole nitrogens is 1. The molecule has 0 fully saturated rings. The van der Waals surface area contributed by atoms with Crippen LogP contribution < -0.4 is 10.3 Å². The second-order valence-electron chi connectivity index (χ2n) is 5.54. The number of aromatic nitrogens is 2. The maximum atomic E-state index is 12.4. The summed E-state index contributed by atoms with van der Waals surface area (Å²) in [5, 5.41) is 3.83. The van der Waals surface area contributed by atoms with Gasteiger partial charge in [-0.15, -0.1) is 0 Å². The molecule has 22 heavy (non-hydrogen) atoms. The summed E-state index contributed by atoms with van der Waals surface area (Å²) in [7, 11) is 1.65. The van der Waals surface area contributed by atoms with E-state index in [1.807, 2.05) is 49.7 Å². The van der Waals surface area contributed by atoms with Gasteiger partial charge >= 0.3 is 0 Å². The van der Waals surface area contributed by atoms with Crippen LogP contribution in [-0.4, -0.2) is 21.9 Å². The number of fused-ring (bicyclic) bond motifs is 1. The van der Waals surface area contributed by atoms with E-state index >= 15 is 0 Å². The van der Waals surface area contributed by atoms with Gasteiger partial charge in [-0.1, -0.05) is 23.9 Å². The van der Waals surface area contributed by atoms with Gasteiger partial charge in [-0.3, -0.25) is 14.6 Å². The summed E-state index contributed by atoms with van der Waals surface area (Å²) >= 11 is 1.61. The maximum absolute atomic E-state index is 12.4. The smallest absolute Gasteiger partial charge is 0.271 e. The van der Waals surface area contributed by atoms with E-state index in [9.17, 15) is 4.79 Å². The highest BCUT2D eigenvalue weighted by atomic mass is 32.2. The summed E-state index contributed by atoms with van der Waals surface area (Å²) in [6, 6.07) is 8.01. The summed E-state index contributed by atoms with van der Waals surface area (Å²) in [5.74, 6) is 1.56. The van der Waals surface area contributed by atoms with E-state index < -0.39 is 0 Å². The normalized spacial score (nSPS) is 17.3. The predicted octanol–water partition coefficient (Wildman–Crippen LogP) is 3.65. The predicted molar refractivity (Wildman–Crippen MR) is 90.6 cm³/mol. The SMILES string of the molecule is COc1ccc([C@@H]2SC(C)=Nc3c2c(=O)[nH]n3C(C)C)cc1. The third-order valence-corrected chi connectivity index (χ3v) is 4.86. The monoisotopic (exact) mass is 317 g/mol. The summed E-state index contributed by atoms with van der Waals surface area (Å²) in [4.78, 5) is 17.0. The van der Waals surface area contributed by atoms with Gasteiger partial charge in [0.05, 0.1) is 23.0 Å². The van der Waals surface area contributed by atoms with Crippen LogP contribution in [0.4, 0.5) is 5.82 Å². The van der Waals surface area contributed by atoms with Gasteiger partial charge in [0.2, 0.25) is 0 Å². The lowest BCUT2D eigenvalue weighted by Crippen LogP contribution is -2.13. The fraction of sp³-hybridized carbons (Fsp3) is 0.375. The van der Waals surface area contributed by atoms with Crippen LogP contribution in [0.1, 0.15) is 43.2 Å². The molecule has 1 aliphatic rings. The highest BCUT2D eigenvalue weighted by Gasteiger charge is 2.30. The molecular weight excluding hydrogens is 298 g/mol. The third-order valence-electron chi connectivity index (χ3n) is 3.68. The Morgan fingerprint density at radius 2 is 2.00 bits per heavy atom. The van der Waals surface area contributed by atoms with Crippen molar-refractivity contribution in [1.29, 1.82) is 0 Å². The Balaban J connectivity index is 2.12. The molecule has 0 bridgehead atoms. The molecule has 2 heterocycles. The van der Waals surface area contributed by atoms with Crippen molar-refractivity contribution in [3.8, 4) is 5.75 Å². The minimum absolute atomic E-state index is 0.0397.